The number of hydrogen-bond acceptors (Lipinski definition) is 5. The average molecular weight is 419 g/mol. The third-order valence-electron chi connectivity index (χ3n) is 5.40. The molecule has 0 fully saturated rings. The molecule has 8 heteroatoms. The van der Waals surface area contributed by atoms with Gasteiger partial charge < -0.3 is 10.4 Å². The molecule has 0 spiro atoms. The Kier molecular flexibility index (Phi) is 5.97. The summed E-state index contributed by atoms with van der Waals surface area (Å²) in [6.45, 7) is 2.06. The van der Waals surface area contributed by atoms with Gasteiger partial charge in [-0.2, -0.15) is 4.98 Å². The quantitative estimate of drug-likeness (QED) is 0.535. The van der Waals surface area contributed by atoms with Crippen LogP contribution >= 0.6 is 0 Å². The fraction of sp³-hybridized carbons (Fsp3) is 0.304. The fourth-order valence-electron chi connectivity index (χ4n) is 3.79. The molecule has 4 rings (SSSR count). The molecule has 0 saturated carbocycles. The van der Waals surface area contributed by atoms with Crippen LogP contribution in [0.5, 0.6) is 0 Å². The summed E-state index contributed by atoms with van der Waals surface area (Å²) in [7, 11) is 0. The third-order valence-corrected chi connectivity index (χ3v) is 5.40. The molecule has 1 aromatic heterocycles. The first-order chi connectivity index (χ1) is 15.0. The van der Waals surface area contributed by atoms with Crippen LogP contribution in [0, 0.1) is 6.92 Å². The maximum atomic E-state index is 12.2. The summed E-state index contributed by atoms with van der Waals surface area (Å²) in [4.78, 5) is 27.3. The number of carbonyl (C=O) groups is 2. The van der Waals surface area contributed by atoms with E-state index in [-0.39, 0.29) is 43.2 Å². The standard InChI is InChI=1S/C23H25N5O3/c1-15-10-12-16(13-11-15)18-14-19(17-6-3-2-4-7-17)28-23(24-18)26-22(27-28)25-20(29)8-5-9-21(30)31/h2-4,6-7,10-13,18-19H,5,8-9,14H2,1H3,(H,30,31)(H2,24,25,26,27,29)/t18-,19-/m1/s1. The van der Waals surface area contributed by atoms with Crippen LogP contribution in [0.1, 0.15) is 54.5 Å². The van der Waals surface area contributed by atoms with E-state index in [4.69, 9.17) is 5.11 Å². The Bertz CT molecular complexity index is 1060. The predicted molar refractivity (Wildman–Crippen MR) is 117 cm³/mol. The van der Waals surface area contributed by atoms with Crippen molar-refractivity contribution in [1.82, 2.24) is 14.8 Å². The van der Waals surface area contributed by atoms with Gasteiger partial charge >= 0.3 is 5.97 Å². The number of rotatable bonds is 7. The second-order valence-corrected chi connectivity index (χ2v) is 7.77. The number of benzene rings is 2. The van der Waals surface area contributed by atoms with Gasteiger partial charge in [0.15, 0.2) is 0 Å². The van der Waals surface area contributed by atoms with Gasteiger partial charge in [-0.1, -0.05) is 60.2 Å². The van der Waals surface area contributed by atoms with Crippen molar-refractivity contribution in [2.24, 2.45) is 0 Å². The molecule has 3 aromatic rings. The van der Waals surface area contributed by atoms with Crippen LogP contribution in [-0.4, -0.2) is 31.7 Å². The maximum absolute atomic E-state index is 12.2. The highest BCUT2D eigenvalue weighted by Crippen LogP contribution is 2.38. The highest BCUT2D eigenvalue weighted by atomic mass is 16.4. The molecule has 0 saturated heterocycles. The highest BCUT2D eigenvalue weighted by molar-refractivity contribution is 5.89. The minimum atomic E-state index is -0.916. The summed E-state index contributed by atoms with van der Waals surface area (Å²) in [5.74, 6) is -0.407. The summed E-state index contributed by atoms with van der Waals surface area (Å²) >= 11 is 0. The third kappa shape index (κ3) is 4.91. The molecule has 160 valence electrons. The zero-order valence-electron chi connectivity index (χ0n) is 17.3. The second-order valence-electron chi connectivity index (χ2n) is 7.77. The second kappa shape index (κ2) is 8.99. The van der Waals surface area contributed by atoms with Crippen molar-refractivity contribution in [3.63, 3.8) is 0 Å². The van der Waals surface area contributed by atoms with Gasteiger partial charge in [0.25, 0.3) is 5.95 Å². The molecule has 0 aliphatic carbocycles. The Morgan fingerprint density at radius 2 is 1.84 bits per heavy atom. The molecule has 0 unspecified atom stereocenters. The number of fused-ring (bicyclic) bond motifs is 1. The topological polar surface area (TPSA) is 109 Å². The van der Waals surface area contributed by atoms with Crippen LogP contribution in [-0.2, 0) is 9.59 Å². The van der Waals surface area contributed by atoms with Crippen LogP contribution in [0.4, 0.5) is 11.9 Å². The SMILES string of the molecule is Cc1ccc([C@H]2C[C@H](c3ccccc3)n3nc(NC(=O)CCCC(=O)O)nc3N2)cc1. The molecule has 31 heavy (non-hydrogen) atoms. The van der Waals surface area contributed by atoms with Gasteiger partial charge in [-0.05, 0) is 30.9 Å². The predicted octanol–water partition coefficient (Wildman–Crippen LogP) is 3.93. The molecular formula is C23H25N5O3. The first-order valence-corrected chi connectivity index (χ1v) is 10.4. The summed E-state index contributed by atoms with van der Waals surface area (Å²) in [5.41, 5.74) is 3.49. The van der Waals surface area contributed by atoms with E-state index in [9.17, 15) is 9.59 Å². The minimum Gasteiger partial charge on any atom is -0.481 e. The summed E-state index contributed by atoms with van der Waals surface area (Å²) in [6, 6.07) is 18.6. The van der Waals surface area contributed by atoms with E-state index in [1.54, 1.807) is 0 Å². The van der Waals surface area contributed by atoms with Crippen LogP contribution in [0.15, 0.2) is 54.6 Å². The van der Waals surface area contributed by atoms with Crippen LogP contribution < -0.4 is 10.6 Å². The molecule has 8 nitrogen and oxygen atoms in total. The normalized spacial score (nSPS) is 17.5. The number of aryl methyl sites for hydroxylation is 1. The van der Waals surface area contributed by atoms with Crippen LogP contribution in [0.25, 0.3) is 0 Å². The lowest BCUT2D eigenvalue weighted by Gasteiger charge is -2.31. The number of nitrogens with one attached hydrogen (secondary N) is 2. The Hall–Kier alpha value is -3.68. The number of amides is 1. The van der Waals surface area contributed by atoms with E-state index in [0.717, 1.165) is 12.0 Å². The molecule has 2 aromatic carbocycles. The maximum Gasteiger partial charge on any atom is 0.303 e. The molecule has 3 N–H and O–H groups in total. The number of aliphatic carboxylic acids is 1. The van der Waals surface area contributed by atoms with Gasteiger partial charge in [-0.3, -0.25) is 14.9 Å². The van der Waals surface area contributed by atoms with E-state index in [0.29, 0.717) is 5.95 Å². The number of aromatic nitrogens is 3. The monoisotopic (exact) mass is 419 g/mol. The number of anilines is 2. The molecule has 0 bridgehead atoms. The van der Waals surface area contributed by atoms with Crippen LogP contribution in [0.2, 0.25) is 0 Å². The van der Waals surface area contributed by atoms with Crippen molar-refractivity contribution in [3.05, 3.63) is 71.3 Å². The van der Waals surface area contributed by atoms with E-state index < -0.39 is 5.97 Å². The molecule has 2 heterocycles. The molecule has 0 radical (unpaired) electrons. The average Bonchev–Trinajstić information content (AvgIpc) is 3.16. The van der Waals surface area contributed by atoms with Crippen molar-refractivity contribution in [3.8, 4) is 0 Å². The highest BCUT2D eigenvalue weighted by Gasteiger charge is 2.31. The van der Waals surface area contributed by atoms with E-state index >= 15 is 0 Å². The molecule has 1 aliphatic heterocycles. The van der Waals surface area contributed by atoms with Crippen LogP contribution in [0.3, 0.4) is 0 Å². The Labute approximate surface area is 180 Å². The van der Waals surface area contributed by atoms with Crippen molar-refractivity contribution in [2.75, 3.05) is 10.6 Å². The summed E-state index contributed by atoms with van der Waals surface area (Å²) < 4.78 is 1.81. The van der Waals surface area contributed by atoms with Gasteiger partial charge in [0, 0.05) is 12.8 Å². The number of carbonyl (C=O) groups excluding carboxylic acids is 1. The number of nitrogens with zero attached hydrogens (tertiary/aromatic N) is 3. The van der Waals surface area contributed by atoms with Gasteiger partial charge in [-0.25, -0.2) is 4.68 Å². The van der Waals surface area contributed by atoms with Gasteiger partial charge in [0.1, 0.15) is 0 Å². The smallest absolute Gasteiger partial charge is 0.303 e. The minimum absolute atomic E-state index is 0.0334. The molecule has 2 atom stereocenters. The summed E-state index contributed by atoms with van der Waals surface area (Å²) in [6.07, 6.45) is 1.12. The van der Waals surface area contributed by atoms with E-state index in [1.807, 2.05) is 22.9 Å². The Morgan fingerprint density at radius 3 is 2.55 bits per heavy atom. The Balaban J connectivity index is 1.58. The van der Waals surface area contributed by atoms with Gasteiger partial charge in [0.05, 0.1) is 12.1 Å². The lowest BCUT2D eigenvalue weighted by Crippen LogP contribution is -2.28. The van der Waals surface area contributed by atoms with Crippen molar-refractivity contribution in [1.29, 1.82) is 0 Å². The zero-order valence-corrected chi connectivity index (χ0v) is 17.3. The number of carboxylic acid groups (broad SMARTS) is 1. The molecule has 1 aliphatic rings. The molecular weight excluding hydrogens is 394 g/mol. The van der Waals surface area contributed by atoms with Gasteiger partial charge in [-0.15, -0.1) is 5.10 Å². The first-order valence-electron chi connectivity index (χ1n) is 10.4. The first kappa shape index (κ1) is 20.6. The zero-order chi connectivity index (χ0) is 21.8. The van der Waals surface area contributed by atoms with Crippen molar-refractivity contribution < 1.29 is 14.7 Å². The number of hydrogen-bond donors (Lipinski definition) is 3. The number of carboxylic acids is 1. The van der Waals surface area contributed by atoms with Crippen molar-refractivity contribution in [2.45, 2.75) is 44.7 Å². The lowest BCUT2D eigenvalue weighted by atomic mass is 9.93. The van der Waals surface area contributed by atoms with Crippen molar-refractivity contribution >= 4 is 23.8 Å². The Morgan fingerprint density at radius 1 is 1.10 bits per heavy atom. The lowest BCUT2D eigenvalue weighted by molar-refractivity contribution is -0.137. The van der Waals surface area contributed by atoms with E-state index in [2.05, 4.69) is 64.0 Å². The summed E-state index contributed by atoms with van der Waals surface area (Å²) in [5, 5.41) is 19.4. The largest absolute Gasteiger partial charge is 0.481 e. The fourth-order valence-corrected chi connectivity index (χ4v) is 3.79. The molecule has 1 amide bonds. The van der Waals surface area contributed by atoms with Gasteiger partial charge in [0.2, 0.25) is 11.9 Å². The van der Waals surface area contributed by atoms with E-state index in [1.165, 1.54) is 11.1 Å².